The Hall–Kier alpha value is -0.610. The Bertz CT molecular complexity index is 152. The van der Waals surface area contributed by atoms with Crippen LogP contribution in [0.5, 0.6) is 0 Å². The van der Waals surface area contributed by atoms with E-state index in [0.717, 1.165) is 0 Å². The molecular weight excluding hydrogens is 146 g/mol. The molecule has 1 atom stereocenters. The first-order valence-electron chi connectivity index (χ1n) is 3.60. The third-order valence-corrected chi connectivity index (χ3v) is 1.79. The standard InChI is InChI=1S/C7H13NO3/c1-7(6(9)10-2)5-11-4-3-8-7/h8H,3-5H2,1-2H3/t7-/m0/s1. The van der Waals surface area contributed by atoms with Crippen LogP contribution in [0.15, 0.2) is 0 Å². The van der Waals surface area contributed by atoms with Crippen LogP contribution in [-0.4, -0.2) is 38.4 Å². The lowest BCUT2D eigenvalue weighted by Crippen LogP contribution is -2.57. The molecule has 4 heteroatoms. The summed E-state index contributed by atoms with van der Waals surface area (Å²) in [7, 11) is 1.38. The van der Waals surface area contributed by atoms with Gasteiger partial charge in [-0.3, -0.25) is 5.32 Å². The van der Waals surface area contributed by atoms with Crippen LogP contribution in [0, 0.1) is 0 Å². The SMILES string of the molecule is COC(=O)[C@]1(C)COCCN1. The molecule has 1 rings (SSSR count). The molecule has 1 aliphatic heterocycles. The van der Waals surface area contributed by atoms with Crippen molar-refractivity contribution < 1.29 is 14.3 Å². The minimum absolute atomic E-state index is 0.266. The number of hydrogen-bond acceptors (Lipinski definition) is 4. The third kappa shape index (κ3) is 1.70. The summed E-state index contributed by atoms with van der Waals surface area (Å²) >= 11 is 0. The predicted octanol–water partition coefficient (Wildman–Crippen LogP) is -0.462. The molecule has 0 aromatic heterocycles. The molecule has 0 aliphatic carbocycles. The van der Waals surface area contributed by atoms with Crippen molar-refractivity contribution >= 4 is 5.97 Å². The maximum absolute atomic E-state index is 11.1. The van der Waals surface area contributed by atoms with Gasteiger partial charge in [0.2, 0.25) is 0 Å². The molecule has 1 heterocycles. The molecule has 0 radical (unpaired) electrons. The summed E-state index contributed by atoms with van der Waals surface area (Å²) in [6.07, 6.45) is 0. The van der Waals surface area contributed by atoms with Crippen LogP contribution in [0.3, 0.4) is 0 Å². The first kappa shape index (κ1) is 8.49. The minimum Gasteiger partial charge on any atom is -0.468 e. The zero-order chi connectivity index (χ0) is 8.32. The Morgan fingerprint density at radius 1 is 1.73 bits per heavy atom. The second-order valence-corrected chi connectivity index (χ2v) is 2.80. The fourth-order valence-electron chi connectivity index (χ4n) is 1.08. The molecule has 64 valence electrons. The maximum atomic E-state index is 11.1. The lowest BCUT2D eigenvalue weighted by Gasteiger charge is -2.31. The minimum atomic E-state index is -0.646. The van der Waals surface area contributed by atoms with E-state index in [-0.39, 0.29) is 5.97 Å². The summed E-state index contributed by atoms with van der Waals surface area (Å²) in [6, 6.07) is 0. The van der Waals surface area contributed by atoms with Gasteiger partial charge in [0.05, 0.1) is 20.3 Å². The summed E-state index contributed by atoms with van der Waals surface area (Å²) < 4.78 is 9.76. The summed E-state index contributed by atoms with van der Waals surface area (Å²) in [5.41, 5.74) is -0.646. The van der Waals surface area contributed by atoms with Gasteiger partial charge in [0, 0.05) is 6.54 Å². The van der Waals surface area contributed by atoms with E-state index in [1.54, 1.807) is 6.92 Å². The van der Waals surface area contributed by atoms with Gasteiger partial charge in [-0.05, 0) is 6.92 Å². The third-order valence-electron chi connectivity index (χ3n) is 1.79. The van der Waals surface area contributed by atoms with E-state index in [1.807, 2.05) is 0 Å². The Balaban J connectivity index is 2.56. The molecule has 1 aliphatic rings. The van der Waals surface area contributed by atoms with Gasteiger partial charge < -0.3 is 9.47 Å². The number of methoxy groups -OCH3 is 1. The van der Waals surface area contributed by atoms with E-state index >= 15 is 0 Å². The molecule has 0 aromatic rings. The van der Waals surface area contributed by atoms with Gasteiger partial charge in [0.15, 0.2) is 0 Å². The Morgan fingerprint density at radius 3 is 2.91 bits per heavy atom. The van der Waals surface area contributed by atoms with E-state index < -0.39 is 5.54 Å². The highest BCUT2D eigenvalue weighted by atomic mass is 16.5. The topological polar surface area (TPSA) is 47.6 Å². The van der Waals surface area contributed by atoms with Crippen LogP contribution in [0.25, 0.3) is 0 Å². The summed E-state index contributed by atoms with van der Waals surface area (Å²) in [4.78, 5) is 11.1. The molecule has 0 aromatic carbocycles. The molecule has 1 N–H and O–H groups in total. The van der Waals surface area contributed by atoms with Crippen molar-refractivity contribution in [1.82, 2.24) is 5.32 Å². The molecule has 0 unspecified atom stereocenters. The summed E-state index contributed by atoms with van der Waals surface area (Å²) in [5, 5.41) is 3.05. The highest BCUT2D eigenvalue weighted by Gasteiger charge is 2.36. The molecule has 0 amide bonds. The zero-order valence-corrected chi connectivity index (χ0v) is 6.85. The average molecular weight is 159 g/mol. The van der Waals surface area contributed by atoms with E-state index in [4.69, 9.17) is 4.74 Å². The molecule has 11 heavy (non-hydrogen) atoms. The van der Waals surface area contributed by atoms with Gasteiger partial charge in [-0.2, -0.15) is 0 Å². The Labute approximate surface area is 65.9 Å². The number of carbonyl (C=O) groups excluding carboxylic acids is 1. The van der Waals surface area contributed by atoms with Crippen LogP contribution < -0.4 is 5.32 Å². The number of rotatable bonds is 1. The van der Waals surface area contributed by atoms with Gasteiger partial charge in [-0.15, -0.1) is 0 Å². The molecule has 1 saturated heterocycles. The van der Waals surface area contributed by atoms with Crippen LogP contribution in [0.2, 0.25) is 0 Å². The van der Waals surface area contributed by atoms with E-state index in [1.165, 1.54) is 7.11 Å². The molecule has 1 fully saturated rings. The largest absolute Gasteiger partial charge is 0.468 e. The number of ether oxygens (including phenoxy) is 2. The lowest BCUT2D eigenvalue weighted by atomic mass is 10.0. The van der Waals surface area contributed by atoms with Crippen molar-refractivity contribution in [2.45, 2.75) is 12.5 Å². The van der Waals surface area contributed by atoms with E-state index in [9.17, 15) is 4.79 Å². The number of carbonyl (C=O) groups is 1. The molecule has 0 saturated carbocycles. The first-order valence-corrected chi connectivity index (χ1v) is 3.60. The van der Waals surface area contributed by atoms with Crippen LogP contribution in [-0.2, 0) is 14.3 Å². The molecule has 4 nitrogen and oxygen atoms in total. The second-order valence-electron chi connectivity index (χ2n) is 2.80. The lowest BCUT2D eigenvalue weighted by molar-refractivity contribution is -0.152. The Kier molecular flexibility index (Phi) is 2.46. The van der Waals surface area contributed by atoms with Crippen molar-refractivity contribution in [1.29, 1.82) is 0 Å². The van der Waals surface area contributed by atoms with Gasteiger partial charge in [-0.25, -0.2) is 4.79 Å². The van der Waals surface area contributed by atoms with Crippen molar-refractivity contribution in [3.05, 3.63) is 0 Å². The predicted molar refractivity (Wildman–Crippen MR) is 39.2 cm³/mol. The molecule has 0 spiro atoms. The van der Waals surface area contributed by atoms with Crippen LogP contribution in [0.4, 0.5) is 0 Å². The number of nitrogens with one attached hydrogen (secondary N) is 1. The highest BCUT2D eigenvalue weighted by molar-refractivity contribution is 5.80. The van der Waals surface area contributed by atoms with Crippen LogP contribution >= 0.6 is 0 Å². The van der Waals surface area contributed by atoms with Crippen molar-refractivity contribution in [3.8, 4) is 0 Å². The van der Waals surface area contributed by atoms with Gasteiger partial charge in [-0.1, -0.05) is 0 Å². The van der Waals surface area contributed by atoms with Gasteiger partial charge >= 0.3 is 5.97 Å². The molecule has 0 bridgehead atoms. The fourth-order valence-corrected chi connectivity index (χ4v) is 1.08. The van der Waals surface area contributed by atoms with Crippen LogP contribution in [0.1, 0.15) is 6.92 Å². The molecular formula is C7H13NO3. The monoisotopic (exact) mass is 159 g/mol. The average Bonchev–Trinajstić information content (AvgIpc) is 2.04. The normalized spacial score (nSPS) is 31.5. The number of morpholine rings is 1. The van der Waals surface area contributed by atoms with E-state index in [2.05, 4.69) is 10.1 Å². The van der Waals surface area contributed by atoms with Crippen molar-refractivity contribution in [2.24, 2.45) is 0 Å². The smallest absolute Gasteiger partial charge is 0.328 e. The maximum Gasteiger partial charge on any atom is 0.328 e. The van der Waals surface area contributed by atoms with E-state index in [0.29, 0.717) is 19.8 Å². The summed E-state index contributed by atoms with van der Waals surface area (Å²) in [5.74, 6) is -0.266. The second kappa shape index (κ2) is 3.19. The Morgan fingerprint density at radius 2 is 2.45 bits per heavy atom. The summed E-state index contributed by atoms with van der Waals surface area (Å²) in [6.45, 7) is 3.52. The van der Waals surface area contributed by atoms with Gasteiger partial charge in [0.25, 0.3) is 0 Å². The van der Waals surface area contributed by atoms with Gasteiger partial charge in [0.1, 0.15) is 5.54 Å². The number of hydrogen-bond donors (Lipinski definition) is 1. The number of esters is 1. The quantitative estimate of drug-likeness (QED) is 0.526. The zero-order valence-electron chi connectivity index (χ0n) is 6.85. The first-order chi connectivity index (χ1) is 5.19. The van der Waals surface area contributed by atoms with Crippen molar-refractivity contribution in [3.63, 3.8) is 0 Å². The fraction of sp³-hybridized carbons (Fsp3) is 0.857. The highest BCUT2D eigenvalue weighted by Crippen LogP contribution is 2.09. The van der Waals surface area contributed by atoms with Crippen molar-refractivity contribution in [2.75, 3.05) is 26.9 Å².